The van der Waals surface area contributed by atoms with Gasteiger partial charge in [0.2, 0.25) is 0 Å². The van der Waals surface area contributed by atoms with Crippen molar-refractivity contribution in [3.05, 3.63) is 29.6 Å². The molecule has 0 aliphatic carbocycles. The lowest BCUT2D eigenvalue weighted by Gasteiger charge is -2.37. The summed E-state index contributed by atoms with van der Waals surface area (Å²) in [5.74, 6) is 0. The number of ether oxygens (including phenoxy) is 1. The zero-order chi connectivity index (χ0) is 17.1. The van der Waals surface area contributed by atoms with Gasteiger partial charge >= 0.3 is 6.09 Å². The Hall–Kier alpha value is -2.13. The van der Waals surface area contributed by atoms with Crippen LogP contribution in [-0.4, -0.2) is 39.8 Å². The number of carbonyl (C=O) groups excluding carboxylic acids is 1. The van der Waals surface area contributed by atoms with E-state index in [0.29, 0.717) is 31.6 Å². The van der Waals surface area contributed by atoms with Gasteiger partial charge in [-0.15, -0.1) is 0 Å². The fraction of sp³-hybridized carbons (Fsp3) is 0.588. The zero-order valence-corrected chi connectivity index (χ0v) is 13.9. The van der Waals surface area contributed by atoms with Crippen molar-refractivity contribution in [2.24, 2.45) is 0 Å². The van der Waals surface area contributed by atoms with E-state index in [1.54, 1.807) is 23.2 Å². The SMILES string of the molecule is CC(C)(C)OC(=O)N1CCC(C#N)(c2cc(CO)ccn2)CC1. The second kappa shape index (κ2) is 6.55. The molecule has 1 fully saturated rings. The summed E-state index contributed by atoms with van der Waals surface area (Å²) >= 11 is 0. The van der Waals surface area contributed by atoms with Crippen molar-refractivity contribution in [2.45, 2.75) is 51.2 Å². The zero-order valence-electron chi connectivity index (χ0n) is 13.9. The highest BCUT2D eigenvalue weighted by atomic mass is 16.6. The molecule has 6 heteroatoms. The average molecular weight is 317 g/mol. The first kappa shape index (κ1) is 17.2. The van der Waals surface area contributed by atoms with Crippen LogP contribution in [0.15, 0.2) is 18.3 Å². The number of carbonyl (C=O) groups is 1. The Morgan fingerprint density at radius 1 is 1.48 bits per heavy atom. The van der Waals surface area contributed by atoms with Gasteiger partial charge in [-0.3, -0.25) is 4.98 Å². The minimum absolute atomic E-state index is 0.0823. The average Bonchev–Trinajstić information content (AvgIpc) is 2.53. The van der Waals surface area contributed by atoms with Gasteiger partial charge in [0.1, 0.15) is 11.0 Å². The van der Waals surface area contributed by atoms with Gasteiger partial charge in [-0.1, -0.05) is 0 Å². The molecular weight excluding hydrogens is 294 g/mol. The number of aliphatic hydroxyl groups excluding tert-OH is 1. The summed E-state index contributed by atoms with van der Waals surface area (Å²) in [5, 5.41) is 18.9. The molecule has 0 spiro atoms. The smallest absolute Gasteiger partial charge is 0.410 e. The van der Waals surface area contributed by atoms with Crippen LogP contribution >= 0.6 is 0 Å². The predicted octanol–water partition coefficient (Wildman–Crippen LogP) is 2.37. The monoisotopic (exact) mass is 317 g/mol. The Labute approximate surface area is 136 Å². The summed E-state index contributed by atoms with van der Waals surface area (Å²) in [6, 6.07) is 5.87. The fourth-order valence-electron chi connectivity index (χ4n) is 2.66. The quantitative estimate of drug-likeness (QED) is 0.905. The third kappa shape index (κ3) is 3.99. The molecular formula is C17H23N3O3. The summed E-state index contributed by atoms with van der Waals surface area (Å²) in [6.45, 7) is 6.32. The number of nitrogens with zero attached hydrogens (tertiary/aromatic N) is 3. The lowest BCUT2D eigenvalue weighted by atomic mass is 9.76. The van der Waals surface area contributed by atoms with Crippen LogP contribution in [0.5, 0.6) is 0 Å². The van der Waals surface area contributed by atoms with Gasteiger partial charge in [0.25, 0.3) is 0 Å². The van der Waals surface area contributed by atoms with Crippen molar-refractivity contribution in [3.8, 4) is 6.07 Å². The van der Waals surface area contributed by atoms with E-state index in [1.165, 1.54) is 0 Å². The molecule has 6 nitrogen and oxygen atoms in total. The van der Waals surface area contributed by atoms with Gasteiger partial charge in [0, 0.05) is 19.3 Å². The molecule has 1 aliphatic heterocycles. The maximum atomic E-state index is 12.1. The molecule has 0 bridgehead atoms. The highest BCUT2D eigenvalue weighted by molar-refractivity contribution is 5.68. The van der Waals surface area contributed by atoms with E-state index in [4.69, 9.17) is 4.74 Å². The second-order valence-electron chi connectivity index (χ2n) is 6.87. The van der Waals surface area contributed by atoms with Crippen LogP contribution in [0.25, 0.3) is 0 Å². The van der Waals surface area contributed by atoms with E-state index in [9.17, 15) is 15.2 Å². The van der Waals surface area contributed by atoms with Gasteiger partial charge in [-0.05, 0) is 51.3 Å². The van der Waals surface area contributed by atoms with Crippen molar-refractivity contribution >= 4 is 6.09 Å². The molecule has 0 atom stereocenters. The Balaban J connectivity index is 2.11. The van der Waals surface area contributed by atoms with Crippen molar-refractivity contribution in [1.82, 2.24) is 9.88 Å². The molecule has 1 aliphatic rings. The molecule has 1 saturated heterocycles. The normalized spacial score (nSPS) is 17.4. The minimum Gasteiger partial charge on any atom is -0.444 e. The number of hydrogen-bond donors (Lipinski definition) is 1. The lowest BCUT2D eigenvalue weighted by Crippen LogP contribution is -2.46. The summed E-state index contributed by atoms with van der Waals surface area (Å²) in [7, 11) is 0. The second-order valence-corrected chi connectivity index (χ2v) is 6.87. The van der Waals surface area contributed by atoms with E-state index < -0.39 is 11.0 Å². The largest absolute Gasteiger partial charge is 0.444 e. The van der Waals surface area contributed by atoms with Gasteiger partial charge in [-0.2, -0.15) is 5.26 Å². The summed E-state index contributed by atoms with van der Waals surface area (Å²) in [6.07, 6.45) is 2.27. The Morgan fingerprint density at radius 2 is 2.13 bits per heavy atom. The highest BCUT2D eigenvalue weighted by Crippen LogP contribution is 2.34. The maximum Gasteiger partial charge on any atom is 0.410 e. The number of nitriles is 1. The molecule has 0 aromatic carbocycles. The fourth-order valence-corrected chi connectivity index (χ4v) is 2.66. The number of rotatable bonds is 2. The Morgan fingerprint density at radius 3 is 2.65 bits per heavy atom. The third-order valence-corrected chi connectivity index (χ3v) is 3.98. The van der Waals surface area contributed by atoms with Gasteiger partial charge < -0.3 is 14.7 Å². The molecule has 23 heavy (non-hydrogen) atoms. The molecule has 0 unspecified atom stereocenters. The van der Waals surface area contributed by atoms with Crippen molar-refractivity contribution in [2.75, 3.05) is 13.1 Å². The first-order valence-electron chi connectivity index (χ1n) is 7.75. The van der Waals surface area contributed by atoms with Crippen LogP contribution in [0.4, 0.5) is 4.79 Å². The number of aliphatic hydroxyl groups is 1. The first-order chi connectivity index (χ1) is 10.8. The Kier molecular flexibility index (Phi) is 4.90. The van der Waals surface area contributed by atoms with Crippen LogP contribution in [0, 0.1) is 11.3 Å². The number of likely N-dealkylation sites (tertiary alicyclic amines) is 1. The summed E-state index contributed by atoms with van der Waals surface area (Å²) in [5.41, 5.74) is 0.149. The van der Waals surface area contributed by atoms with Gasteiger partial charge in [-0.25, -0.2) is 4.79 Å². The molecule has 0 saturated carbocycles. The lowest BCUT2D eigenvalue weighted by molar-refractivity contribution is 0.0184. The molecule has 2 heterocycles. The maximum absolute atomic E-state index is 12.1. The first-order valence-corrected chi connectivity index (χ1v) is 7.75. The number of piperidine rings is 1. The Bertz CT molecular complexity index is 608. The molecule has 1 aromatic rings. The van der Waals surface area contributed by atoms with Crippen LogP contribution < -0.4 is 0 Å². The van der Waals surface area contributed by atoms with Gasteiger partial charge in [0.05, 0.1) is 18.4 Å². The number of pyridine rings is 1. The van der Waals surface area contributed by atoms with E-state index in [2.05, 4.69) is 11.1 Å². The number of aromatic nitrogens is 1. The molecule has 1 aromatic heterocycles. The standard InChI is InChI=1S/C17H23N3O3/c1-16(2,3)23-15(22)20-8-5-17(12-18,6-9-20)14-10-13(11-21)4-7-19-14/h4,7,10,21H,5-6,8-9,11H2,1-3H3. The van der Waals surface area contributed by atoms with Crippen LogP contribution in [0.2, 0.25) is 0 Å². The molecule has 2 rings (SSSR count). The van der Waals surface area contributed by atoms with Crippen LogP contribution in [0.3, 0.4) is 0 Å². The van der Waals surface area contributed by atoms with Crippen molar-refractivity contribution < 1.29 is 14.6 Å². The minimum atomic E-state index is -0.719. The van der Waals surface area contributed by atoms with E-state index >= 15 is 0 Å². The number of amides is 1. The molecule has 1 amide bonds. The number of hydrogen-bond acceptors (Lipinski definition) is 5. The molecule has 0 radical (unpaired) electrons. The molecule has 124 valence electrons. The van der Waals surface area contributed by atoms with E-state index in [-0.39, 0.29) is 12.7 Å². The van der Waals surface area contributed by atoms with Crippen molar-refractivity contribution in [3.63, 3.8) is 0 Å². The van der Waals surface area contributed by atoms with Crippen LogP contribution in [-0.2, 0) is 16.8 Å². The highest BCUT2D eigenvalue weighted by Gasteiger charge is 2.40. The van der Waals surface area contributed by atoms with E-state index in [0.717, 1.165) is 5.56 Å². The van der Waals surface area contributed by atoms with Crippen LogP contribution in [0.1, 0.15) is 44.9 Å². The third-order valence-electron chi connectivity index (χ3n) is 3.98. The predicted molar refractivity (Wildman–Crippen MR) is 84.5 cm³/mol. The molecule has 1 N–H and O–H groups in total. The van der Waals surface area contributed by atoms with E-state index in [1.807, 2.05) is 20.8 Å². The summed E-state index contributed by atoms with van der Waals surface area (Å²) < 4.78 is 5.38. The summed E-state index contributed by atoms with van der Waals surface area (Å²) in [4.78, 5) is 18.1. The van der Waals surface area contributed by atoms with Crippen molar-refractivity contribution in [1.29, 1.82) is 5.26 Å². The topological polar surface area (TPSA) is 86.5 Å². The van der Waals surface area contributed by atoms with Gasteiger partial charge in [0.15, 0.2) is 0 Å².